The van der Waals surface area contributed by atoms with Gasteiger partial charge in [0.15, 0.2) is 0 Å². The maximum Gasteiger partial charge on any atom is 0.122 e. The number of benzene rings is 4. The molecule has 227 valence electrons. The van der Waals surface area contributed by atoms with Crippen molar-refractivity contribution in [3.05, 3.63) is 144 Å². The zero-order valence-corrected chi connectivity index (χ0v) is 28.9. The molecule has 0 aliphatic carbocycles. The van der Waals surface area contributed by atoms with E-state index in [1.54, 1.807) is 0 Å². The third kappa shape index (κ3) is 6.99. The van der Waals surface area contributed by atoms with E-state index in [0.29, 0.717) is 0 Å². The van der Waals surface area contributed by atoms with Gasteiger partial charge < -0.3 is 14.7 Å². The fourth-order valence-corrected chi connectivity index (χ4v) is 5.47. The molecule has 0 bridgehead atoms. The largest absolute Gasteiger partial charge is 0.500 e. The third-order valence-corrected chi connectivity index (χ3v) is 7.86. The standard InChI is InChI=1S/C28H24NO.C13H12N.Ir/c1-18-9-12-21-22-7-5-6-8-26(22)30-27-14-10-19(16-24(27)23(21)15-18)25-13-11-20(17-29-25)28(2,3)4;1-10-8-11(2)13(14-9-10)12-6-4-3-5-7-12;/h5-9,11-17H,1-4H3;3-6,8-9H,1-2H3;/q2*-1;. The third-order valence-electron chi connectivity index (χ3n) is 7.86. The molecule has 7 rings (SSSR count). The maximum atomic E-state index is 6.33. The normalized spacial score (nSPS) is 11.3. The van der Waals surface area contributed by atoms with Crippen LogP contribution in [0, 0.1) is 32.9 Å². The molecule has 4 aromatic carbocycles. The van der Waals surface area contributed by atoms with E-state index in [1.807, 2.05) is 54.9 Å². The number of hydrogen-bond donors (Lipinski definition) is 0. The van der Waals surface area contributed by atoms with Gasteiger partial charge in [0.1, 0.15) is 5.75 Å². The van der Waals surface area contributed by atoms with Gasteiger partial charge in [-0.1, -0.05) is 92.1 Å². The van der Waals surface area contributed by atoms with Crippen molar-refractivity contribution in [1.29, 1.82) is 0 Å². The van der Waals surface area contributed by atoms with Gasteiger partial charge in [0.2, 0.25) is 0 Å². The van der Waals surface area contributed by atoms with Crippen LogP contribution in [0.25, 0.3) is 44.8 Å². The number of aryl methyl sites for hydroxylation is 3. The number of fused-ring (bicyclic) bond motifs is 5. The average Bonchev–Trinajstić information content (AvgIpc) is 3.15. The van der Waals surface area contributed by atoms with Crippen LogP contribution < -0.4 is 4.74 Å². The van der Waals surface area contributed by atoms with Gasteiger partial charge >= 0.3 is 0 Å². The molecule has 1 aliphatic heterocycles. The van der Waals surface area contributed by atoms with Crippen LogP contribution in [0.15, 0.2) is 109 Å². The molecule has 0 fully saturated rings. The summed E-state index contributed by atoms with van der Waals surface area (Å²) in [5.74, 6) is 1.69. The first-order valence-electron chi connectivity index (χ1n) is 15.0. The topological polar surface area (TPSA) is 35.0 Å². The first kappa shape index (κ1) is 32.0. The first-order valence-corrected chi connectivity index (χ1v) is 15.0. The van der Waals surface area contributed by atoms with Crippen molar-refractivity contribution < 1.29 is 24.8 Å². The fourth-order valence-electron chi connectivity index (χ4n) is 5.47. The molecule has 45 heavy (non-hydrogen) atoms. The monoisotopic (exact) mass is 765 g/mol. The molecule has 2 aromatic heterocycles. The first-order chi connectivity index (χ1) is 21.2. The second kappa shape index (κ2) is 13.3. The smallest absolute Gasteiger partial charge is 0.122 e. The van der Waals surface area contributed by atoms with Crippen LogP contribution in [0.2, 0.25) is 0 Å². The van der Waals surface area contributed by atoms with Crippen molar-refractivity contribution in [2.75, 3.05) is 0 Å². The molecule has 4 heteroatoms. The Morgan fingerprint density at radius 1 is 0.622 bits per heavy atom. The van der Waals surface area contributed by atoms with Crippen LogP contribution in [-0.4, -0.2) is 9.97 Å². The minimum Gasteiger partial charge on any atom is -0.500 e. The average molecular weight is 765 g/mol. The van der Waals surface area contributed by atoms with Crippen molar-refractivity contribution in [3.63, 3.8) is 0 Å². The van der Waals surface area contributed by atoms with Gasteiger partial charge in [0, 0.05) is 38.1 Å². The van der Waals surface area contributed by atoms with E-state index in [-0.39, 0.29) is 25.5 Å². The van der Waals surface area contributed by atoms with Crippen LogP contribution in [-0.2, 0) is 25.5 Å². The minimum atomic E-state index is 0. The number of para-hydroxylation sites is 1. The summed E-state index contributed by atoms with van der Waals surface area (Å²) in [5.41, 5.74) is 13.4. The SMILES string of the molecule is Cc1ccc2c(c1)-c1cc(-c3ccc(C(C)(C)C)cn3)[c-]cc1Oc1ccccc1-2.Cc1cnc(-c2[c-]cccc2)c(C)c1.[Ir]. The molecule has 1 radical (unpaired) electrons. The molecule has 0 N–H and O–H groups in total. The number of pyridine rings is 2. The summed E-state index contributed by atoms with van der Waals surface area (Å²) in [7, 11) is 0. The van der Waals surface area contributed by atoms with Crippen molar-refractivity contribution >= 4 is 0 Å². The van der Waals surface area contributed by atoms with Crippen LogP contribution in [0.4, 0.5) is 0 Å². The van der Waals surface area contributed by atoms with E-state index in [2.05, 4.69) is 113 Å². The van der Waals surface area contributed by atoms with Gasteiger partial charge in [-0.25, -0.2) is 0 Å². The van der Waals surface area contributed by atoms with Crippen LogP contribution >= 0.6 is 0 Å². The van der Waals surface area contributed by atoms with Gasteiger partial charge in [-0.05, 0) is 65.9 Å². The Morgan fingerprint density at radius 2 is 1.42 bits per heavy atom. The minimum absolute atomic E-state index is 0. The second-order valence-corrected chi connectivity index (χ2v) is 12.4. The molecular weight excluding hydrogens is 729 g/mol. The van der Waals surface area contributed by atoms with E-state index >= 15 is 0 Å². The molecule has 1 aliphatic rings. The van der Waals surface area contributed by atoms with E-state index < -0.39 is 0 Å². The predicted octanol–water partition coefficient (Wildman–Crippen LogP) is 10.8. The molecule has 3 heterocycles. The number of nitrogens with zero attached hydrogens (tertiary/aromatic N) is 2. The molecule has 3 nitrogen and oxygen atoms in total. The van der Waals surface area contributed by atoms with Gasteiger partial charge in [-0.3, -0.25) is 0 Å². The van der Waals surface area contributed by atoms with E-state index in [4.69, 9.17) is 9.72 Å². The van der Waals surface area contributed by atoms with Crippen LogP contribution in [0.5, 0.6) is 11.5 Å². The quantitative estimate of drug-likeness (QED) is 0.165. The summed E-state index contributed by atoms with van der Waals surface area (Å²) in [5, 5.41) is 0. The summed E-state index contributed by atoms with van der Waals surface area (Å²) >= 11 is 0. The molecule has 0 amide bonds. The number of ether oxygens (including phenoxy) is 1. The Kier molecular flexibility index (Phi) is 9.48. The van der Waals surface area contributed by atoms with E-state index in [0.717, 1.165) is 45.1 Å². The van der Waals surface area contributed by atoms with Crippen molar-refractivity contribution in [2.24, 2.45) is 0 Å². The molecule has 0 unspecified atom stereocenters. The van der Waals surface area contributed by atoms with E-state index in [1.165, 1.54) is 33.4 Å². The second-order valence-electron chi connectivity index (χ2n) is 12.4. The molecule has 0 saturated carbocycles. The molecule has 0 atom stereocenters. The molecular formula is C41H36IrN2O-2. The Labute approximate surface area is 280 Å². The van der Waals surface area contributed by atoms with Gasteiger partial charge in [-0.15, -0.1) is 59.7 Å². The summed E-state index contributed by atoms with van der Waals surface area (Å²) in [6.07, 6.45) is 3.86. The Morgan fingerprint density at radius 3 is 2.13 bits per heavy atom. The Balaban J connectivity index is 0.000000225. The van der Waals surface area contributed by atoms with E-state index in [9.17, 15) is 0 Å². The summed E-state index contributed by atoms with van der Waals surface area (Å²) in [6, 6.07) is 39.8. The van der Waals surface area contributed by atoms with Crippen molar-refractivity contribution in [2.45, 2.75) is 47.0 Å². The van der Waals surface area contributed by atoms with Gasteiger partial charge in [0.05, 0.1) is 5.75 Å². The number of aromatic nitrogens is 2. The number of hydrogen-bond acceptors (Lipinski definition) is 3. The van der Waals surface area contributed by atoms with Crippen LogP contribution in [0.3, 0.4) is 0 Å². The maximum absolute atomic E-state index is 6.33. The Bertz CT molecular complexity index is 1940. The zero-order chi connectivity index (χ0) is 30.8. The number of rotatable bonds is 2. The van der Waals surface area contributed by atoms with Gasteiger partial charge in [-0.2, -0.15) is 0 Å². The molecule has 6 aromatic rings. The Hall–Kier alpha value is -4.37. The van der Waals surface area contributed by atoms with Gasteiger partial charge in [0.25, 0.3) is 0 Å². The summed E-state index contributed by atoms with van der Waals surface area (Å²) in [4.78, 5) is 9.15. The van der Waals surface area contributed by atoms with Crippen molar-refractivity contribution in [1.82, 2.24) is 9.97 Å². The zero-order valence-electron chi connectivity index (χ0n) is 26.5. The summed E-state index contributed by atoms with van der Waals surface area (Å²) < 4.78 is 6.33. The summed E-state index contributed by atoms with van der Waals surface area (Å²) in [6.45, 7) is 12.9. The molecule has 0 spiro atoms. The predicted molar refractivity (Wildman–Crippen MR) is 181 cm³/mol. The van der Waals surface area contributed by atoms with Crippen molar-refractivity contribution in [3.8, 4) is 56.3 Å². The fraction of sp³-hybridized carbons (Fsp3) is 0.171. The van der Waals surface area contributed by atoms with Crippen LogP contribution in [0.1, 0.15) is 43.0 Å². The molecule has 0 saturated heterocycles.